The third kappa shape index (κ3) is 7.68. The molecule has 0 saturated carbocycles. The number of hydrogen-bond donors (Lipinski definition) is 3. The standard InChI is InChI=1S/C25H28N4O2/c26-25(31)23(16-20-9-5-2-6-10-20)29-24(30)17-22(15-19-7-3-1-4-8-19)28-18-21-11-13-27-14-12-21/h1-14,22-23,28H,15-18H2,(H2,26,31)(H,29,30)/t22-,23-/m0/s1. The first-order chi connectivity index (χ1) is 15.1. The maximum Gasteiger partial charge on any atom is 0.240 e. The van der Waals surface area contributed by atoms with E-state index < -0.39 is 11.9 Å². The highest BCUT2D eigenvalue weighted by atomic mass is 16.2. The Morgan fingerprint density at radius 2 is 1.39 bits per heavy atom. The first kappa shape index (κ1) is 22.2. The molecule has 0 bridgehead atoms. The first-order valence-electron chi connectivity index (χ1n) is 10.4. The number of rotatable bonds is 11. The van der Waals surface area contributed by atoms with Gasteiger partial charge in [-0.2, -0.15) is 0 Å². The van der Waals surface area contributed by atoms with Gasteiger partial charge in [0, 0.05) is 37.8 Å². The molecule has 0 fully saturated rings. The van der Waals surface area contributed by atoms with E-state index in [1.54, 1.807) is 12.4 Å². The lowest BCUT2D eigenvalue weighted by Gasteiger charge is -2.21. The zero-order chi connectivity index (χ0) is 21.9. The van der Waals surface area contributed by atoms with Gasteiger partial charge in [0.25, 0.3) is 0 Å². The number of carbonyl (C=O) groups excluding carboxylic acids is 2. The number of hydrogen-bond acceptors (Lipinski definition) is 4. The fourth-order valence-corrected chi connectivity index (χ4v) is 3.43. The van der Waals surface area contributed by atoms with E-state index in [9.17, 15) is 9.59 Å². The number of carbonyl (C=O) groups is 2. The molecule has 160 valence electrons. The predicted molar refractivity (Wildman–Crippen MR) is 121 cm³/mol. The number of aromatic nitrogens is 1. The monoisotopic (exact) mass is 416 g/mol. The smallest absolute Gasteiger partial charge is 0.240 e. The highest BCUT2D eigenvalue weighted by Gasteiger charge is 2.21. The van der Waals surface area contributed by atoms with Crippen molar-refractivity contribution in [3.63, 3.8) is 0 Å². The van der Waals surface area contributed by atoms with Gasteiger partial charge in [0.05, 0.1) is 0 Å². The maximum absolute atomic E-state index is 12.8. The largest absolute Gasteiger partial charge is 0.368 e. The topological polar surface area (TPSA) is 97.1 Å². The number of primary amides is 1. The molecule has 6 heteroatoms. The second-order valence-corrected chi connectivity index (χ2v) is 7.54. The minimum atomic E-state index is -0.743. The quantitative estimate of drug-likeness (QED) is 0.447. The van der Waals surface area contributed by atoms with E-state index in [0.717, 1.165) is 16.7 Å². The lowest BCUT2D eigenvalue weighted by atomic mass is 10.0. The fraction of sp³-hybridized carbons (Fsp3) is 0.240. The molecule has 1 heterocycles. The van der Waals surface area contributed by atoms with Gasteiger partial charge in [0.1, 0.15) is 6.04 Å². The van der Waals surface area contributed by atoms with Crippen LogP contribution in [0.4, 0.5) is 0 Å². The summed E-state index contributed by atoms with van der Waals surface area (Å²) in [6.45, 7) is 0.622. The molecule has 3 aromatic rings. The number of benzene rings is 2. The van der Waals surface area contributed by atoms with Crippen molar-refractivity contribution in [3.8, 4) is 0 Å². The van der Waals surface area contributed by atoms with Crippen LogP contribution in [0.15, 0.2) is 85.2 Å². The van der Waals surface area contributed by atoms with Gasteiger partial charge in [-0.15, -0.1) is 0 Å². The van der Waals surface area contributed by atoms with Gasteiger partial charge in [-0.25, -0.2) is 0 Å². The van der Waals surface area contributed by atoms with Crippen LogP contribution in [0.2, 0.25) is 0 Å². The first-order valence-corrected chi connectivity index (χ1v) is 10.4. The van der Waals surface area contributed by atoms with Crippen molar-refractivity contribution in [2.24, 2.45) is 5.73 Å². The summed E-state index contributed by atoms with van der Waals surface area (Å²) in [6, 6.07) is 22.6. The minimum absolute atomic E-state index is 0.0965. The average molecular weight is 417 g/mol. The van der Waals surface area contributed by atoms with Crippen LogP contribution < -0.4 is 16.4 Å². The summed E-state index contributed by atoms with van der Waals surface area (Å²) >= 11 is 0. The summed E-state index contributed by atoms with van der Waals surface area (Å²) in [7, 11) is 0. The Morgan fingerprint density at radius 3 is 1.97 bits per heavy atom. The van der Waals surface area contributed by atoms with E-state index in [1.807, 2.05) is 72.8 Å². The van der Waals surface area contributed by atoms with Gasteiger partial charge < -0.3 is 16.4 Å². The predicted octanol–water partition coefficient (Wildman–Crippen LogP) is 2.39. The van der Waals surface area contributed by atoms with Crippen molar-refractivity contribution in [2.45, 2.75) is 37.9 Å². The molecule has 0 aliphatic carbocycles. The zero-order valence-corrected chi connectivity index (χ0v) is 17.4. The summed E-state index contributed by atoms with van der Waals surface area (Å²) in [6.07, 6.45) is 4.79. The van der Waals surface area contributed by atoms with Crippen molar-refractivity contribution < 1.29 is 9.59 Å². The van der Waals surface area contributed by atoms with E-state index in [2.05, 4.69) is 15.6 Å². The molecule has 2 atom stereocenters. The van der Waals surface area contributed by atoms with Crippen LogP contribution in [0, 0.1) is 0 Å². The van der Waals surface area contributed by atoms with Crippen LogP contribution in [0.5, 0.6) is 0 Å². The summed E-state index contributed by atoms with van der Waals surface area (Å²) in [5.41, 5.74) is 8.72. The molecule has 3 rings (SSSR count). The van der Waals surface area contributed by atoms with Gasteiger partial charge in [0.2, 0.25) is 11.8 Å². The normalized spacial score (nSPS) is 12.6. The Balaban J connectivity index is 1.63. The molecule has 2 amide bonds. The Bertz CT molecular complexity index is 949. The lowest BCUT2D eigenvalue weighted by Crippen LogP contribution is -2.47. The van der Waals surface area contributed by atoms with Crippen molar-refractivity contribution in [2.75, 3.05) is 0 Å². The van der Waals surface area contributed by atoms with Gasteiger partial charge in [-0.05, 0) is 35.2 Å². The van der Waals surface area contributed by atoms with Gasteiger partial charge in [-0.3, -0.25) is 14.6 Å². The van der Waals surface area contributed by atoms with Crippen LogP contribution in [0.25, 0.3) is 0 Å². The maximum atomic E-state index is 12.8. The number of amides is 2. The van der Waals surface area contributed by atoms with E-state index >= 15 is 0 Å². The molecular weight excluding hydrogens is 388 g/mol. The summed E-state index contributed by atoms with van der Waals surface area (Å²) in [4.78, 5) is 28.7. The van der Waals surface area contributed by atoms with Crippen LogP contribution in [0.3, 0.4) is 0 Å². The highest BCUT2D eigenvalue weighted by molar-refractivity contribution is 5.87. The SMILES string of the molecule is NC(=O)[C@H](Cc1ccccc1)NC(=O)C[C@H](Cc1ccccc1)NCc1ccncc1. The molecule has 1 aromatic heterocycles. The van der Waals surface area contributed by atoms with Crippen molar-refractivity contribution in [1.29, 1.82) is 0 Å². The van der Waals surface area contributed by atoms with Gasteiger partial charge >= 0.3 is 0 Å². The van der Waals surface area contributed by atoms with Gasteiger partial charge in [0.15, 0.2) is 0 Å². The van der Waals surface area contributed by atoms with E-state index in [-0.39, 0.29) is 18.4 Å². The molecule has 2 aromatic carbocycles. The van der Waals surface area contributed by atoms with Crippen LogP contribution >= 0.6 is 0 Å². The van der Waals surface area contributed by atoms with Gasteiger partial charge in [-0.1, -0.05) is 60.7 Å². The van der Waals surface area contributed by atoms with Crippen LogP contribution in [-0.4, -0.2) is 28.9 Å². The van der Waals surface area contributed by atoms with E-state index in [0.29, 0.717) is 19.4 Å². The molecule has 0 unspecified atom stereocenters. The molecule has 31 heavy (non-hydrogen) atoms. The molecule has 0 saturated heterocycles. The second-order valence-electron chi connectivity index (χ2n) is 7.54. The fourth-order valence-electron chi connectivity index (χ4n) is 3.43. The van der Waals surface area contributed by atoms with Crippen molar-refractivity contribution >= 4 is 11.8 Å². The number of nitrogens with zero attached hydrogens (tertiary/aromatic N) is 1. The van der Waals surface area contributed by atoms with E-state index in [1.165, 1.54) is 0 Å². The second kappa shape index (κ2) is 11.6. The molecule has 0 aliphatic heterocycles. The lowest BCUT2D eigenvalue weighted by molar-refractivity contribution is -0.127. The number of nitrogens with two attached hydrogens (primary N) is 1. The number of nitrogens with one attached hydrogen (secondary N) is 2. The molecular formula is C25H28N4O2. The average Bonchev–Trinajstić information content (AvgIpc) is 2.79. The number of pyridine rings is 1. The van der Waals surface area contributed by atoms with Crippen molar-refractivity contribution in [1.82, 2.24) is 15.6 Å². The van der Waals surface area contributed by atoms with Crippen LogP contribution in [0.1, 0.15) is 23.1 Å². The summed E-state index contributed by atoms with van der Waals surface area (Å²) < 4.78 is 0. The van der Waals surface area contributed by atoms with E-state index in [4.69, 9.17) is 5.73 Å². The zero-order valence-electron chi connectivity index (χ0n) is 17.4. The summed E-state index contributed by atoms with van der Waals surface area (Å²) in [5.74, 6) is -0.746. The Labute approximate surface area is 182 Å². The summed E-state index contributed by atoms with van der Waals surface area (Å²) in [5, 5.41) is 6.28. The molecule has 4 N–H and O–H groups in total. The molecule has 0 radical (unpaired) electrons. The Kier molecular flexibility index (Phi) is 8.31. The molecule has 6 nitrogen and oxygen atoms in total. The molecule has 0 aliphatic rings. The Hall–Kier alpha value is -3.51. The minimum Gasteiger partial charge on any atom is -0.368 e. The Morgan fingerprint density at radius 1 is 0.806 bits per heavy atom. The highest BCUT2D eigenvalue weighted by Crippen LogP contribution is 2.09. The van der Waals surface area contributed by atoms with Crippen LogP contribution in [-0.2, 0) is 29.0 Å². The third-order valence-corrected chi connectivity index (χ3v) is 5.06. The molecule has 0 spiro atoms. The third-order valence-electron chi connectivity index (χ3n) is 5.06. The van der Waals surface area contributed by atoms with Crippen molar-refractivity contribution in [3.05, 3.63) is 102 Å².